The molecule has 1 amide bonds. The highest BCUT2D eigenvalue weighted by molar-refractivity contribution is 7.14. The summed E-state index contributed by atoms with van der Waals surface area (Å²) in [5, 5.41) is 3.13. The maximum Gasteiger partial charge on any atom is 0.261 e. The van der Waals surface area contributed by atoms with Gasteiger partial charge in [-0.3, -0.25) is 4.79 Å². The van der Waals surface area contributed by atoms with Gasteiger partial charge in [-0.1, -0.05) is 6.42 Å². The molecule has 110 valence electrons. The van der Waals surface area contributed by atoms with Gasteiger partial charge in [0.05, 0.1) is 4.88 Å². The highest BCUT2D eigenvalue weighted by atomic mass is 32.1. The SMILES string of the molecule is CN1CC[C@H](CNC(=O)c2cc3c(s2)CCCCC3)C1. The van der Waals surface area contributed by atoms with E-state index in [1.54, 1.807) is 11.3 Å². The van der Waals surface area contributed by atoms with Gasteiger partial charge in [-0.2, -0.15) is 0 Å². The van der Waals surface area contributed by atoms with Gasteiger partial charge in [0.2, 0.25) is 0 Å². The molecule has 3 nitrogen and oxygen atoms in total. The van der Waals surface area contributed by atoms with Gasteiger partial charge in [0, 0.05) is 18.0 Å². The highest BCUT2D eigenvalue weighted by Crippen LogP contribution is 2.29. The lowest BCUT2D eigenvalue weighted by molar-refractivity contribution is 0.0951. The molecule has 0 radical (unpaired) electrons. The van der Waals surface area contributed by atoms with Crippen LogP contribution in [0.3, 0.4) is 0 Å². The van der Waals surface area contributed by atoms with Crippen LogP contribution in [0.2, 0.25) is 0 Å². The van der Waals surface area contributed by atoms with Crippen molar-refractivity contribution < 1.29 is 4.79 Å². The van der Waals surface area contributed by atoms with Crippen molar-refractivity contribution in [3.63, 3.8) is 0 Å². The standard InChI is InChI=1S/C16H24N2OS/c1-18-8-7-12(11-18)10-17-16(19)15-9-13-5-3-2-4-6-14(13)20-15/h9,12H,2-8,10-11H2,1H3,(H,17,19)/t12-/m1/s1. The third-order valence-electron chi connectivity index (χ3n) is 4.51. The van der Waals surface area contributed by atoms with Crippen LogP contribution >= 0.6 is 11.3 Å². The van der Waals surface area contributed by atoms with Crippen molar-refractivity contribution in [2.24, 2.45) is 5.92 Å². The first-order valence-electron chi connectivity index (χ1n) is 7.80. The van der Waals surface area contributed by atoms with Gasteiger partial charge >= 0.3 is 0 Å². The number of nitrogens with one attached hydrogen (secondary N) is 1. The Morgan fingerprint density at radius 3 is 3.05 bits per heavy atom. The molecule has 0 unspecified atom stereocenters. The Morgan fingerprint density at radius 2 is 2.25 bits per heavy atom. The molecule has 0 aromatic carbocycles. The Labute approximate surface area is 125 Å². The summed E-state index contributed by atoms with van der Waals surface area (Å²) in [6, 6.07) is 2.14. The Bertz CT molecular complexity index is 459. The van der Waals surface area contributed by atoms with E-state index in [4.69, 9.17) is 0 Å². The zero-order chi connectivity index (χ0) is 13.9. The van der Waals surface area contributed by atoms with Crippen LogP contribution in [-0.4, -0.2) is 37.5 Å². The molecule has 3 rings (SSSR count). The number of fused-ring (bicyclic) bond motifs is 1. The minimum Gasteiger partial charge on any atom is -0.351 e. The van der Waals surface area contributed by atoms with E-state index in [1.807, 2.05) is 0 Å². The number of thiophene rings is 1. The lowest BCUT2D eigenvalue weighted by Crippen LogP contribution is -2.29. The van der Waals surface area contributed by atoms with Gasteiger partial charge < -0.3 is 10.2 Å². The lowest BCUT2D eigenvalue weighted by atomic mass is 10.1. The molecule has 0 saturated carbocycles. The van der Waals surface area contributed by atoms with Crippen LogP contribution in [0.1, 0.15) is 45.8 Å². The van der Waals surface area contributed by atoms with Crippen LogP contribution in [0.4, 0.5) is 0 Å². The number of likely N-dealkylation sites (tertiary alicyclic amines) is 1. The largest absolute Gasteiger partial charge is 0.351 e. The first kappa shape index (κ1) is 14.1. The average Bonchev–Trinajstić information content (AvgIpc) is 2.97. The van der Waals surface area contributed by atoms with Crippen molar-refractivity contribution in [3.8, 4) is 0 Å². The number of amides is 1. The summed E-state index contributed by atoms with van der Waals surface area (Å²) in [6.45, 7) is 3.10. The van der Waals surface area contributed by atoms with E-state index in [0.717, 1.165) is 30.9 Å². The van der Waals surface area contributed by atoms with Crippen LogP contribution < -0.4 is 5.32 Å². The molecule has 1 N–H and O–H groups in total. The van der Waals surface area contributed by atoms with Crippen molar-refractivity contribution in [2.45, 2.75) is 38.5 Å². The van der Waals surface area contributed by atoms with E-state index in [0.29, 0.717) is 5.92 Å². The van der Waals surface area contributed by atoms with Gasteiger partial charge in [0.1, 0.15) is 0 Å². The number of carbonyl (C=O) groups is 1. The van der Waals surface area contributed by atoms with Gasteiger partial charge in [-0.05, 0) is 63.2 Å². The number of rotatable bonds is 3. The van der Waals surface area contributed by atoms with Crippen molar-refractivity contribution >= 4 is 17.2 Å². The van der Waals surface area contributed by atoms with E-state index >= 15 is 0 Å². The highest BCUT2D eigenvalue weighted by Gasteiger charge is 2.21. The van der Waals surface area contributed by atoms with E-state index in [-0.39, 0.29) is 5.91 Å². The second kappa shape index (κ2) is 6.27. The van der Waals surface area contributed by atoms with Gasteiger partial charge in [0.15, 0.2) is 0 Å². The third-order valence-corrected chi connectivity index (χ3v) is 5.75. The molecule has 0 spiro atoms. The second-order valence-corrected chi connectivity index (χ2v) is 7.38. The monoisotopic (exact) mass is 292 g/mol. The minimum absolute atomic E-state index is 0.137. The molecule has 4 heteroatoms. The van der Waals surface area contributed by atoms with Gasteiger partial charge in [0.25, 0.3) is 5.91 Å². The number of nitrogens with zero attached hydrogens (tertiary/aromatic N) is 1. The Kier molecular flexibility index (Phi) is 4.41. The predicted molar refractivity (Wildman–Crippen MR) is 83.5 cm³/mol. The van der Waals surface area contributed by atoms with Crippen molar-refractivity contribution in [2.75, 3.05) is 26.7 Å². The summed E-state index contributed by atoms with van der Waals surface area (Å²) in [7, 11) is 2.15. The maximum atomic E-state index is 12.3. The Balaban J connectivity index is 1.57. The third kappa shape index (κ3) is 3.23. The van der Waals surface area contributed by atoms with Crippen molar-refractivity contribution in [3.05, 3.63) is 21.4 Å². The molecular weight excluding hydrogens is 268 g/mol. The van der Waals surface area contributed by atoms with E-state index < -0.39 is 0 Å². The number of carbonyl (C=O) groups excluding carboxylic acids is 1. The van der Waals surface area contributed by atoms with Crippen LogP contribution in [0.5, 0.6) is 0 Å². The van der Waals surface area contributed by atoms with Gasteiger partial charge in [-0.25, -0.2) is 0 Å². The molecule has 1 aromatic heterocycles. The zero-order valence-corrected chi connectivity index (χ0v) is 13.1. The molecule has 1 fully saturated rings. The zero-order valence-electron chi connectivity index (χ0n) is 12.3. The normalized spacial score (nSPS) is 23.4. The first-order chi connectivity index (χ1) is 9.72. The van der Waals surface area contributed by atoms with Crippen LogP contribution in [0.15, 0.2) is 6.07 Å². The summed E-state index contributed by atoms with van der Waals surface area (Å²) in [4.78, 5) is 17.0. The summed E-state index contributed by atoms with van der Waals surface area (Å²) in [5.41, 5.74) is 1.43. The van der Waals surface area contributed by atoms with Crippen LogP contribution in [0, 0.1) is 5.92 Å². The molecule has 1 aliphatic carbocycles. The maximum absolute atomic E-state index is 12.3. The smallest absolute Gasteiger partial charge is 0.261 e. The van der Waals surface area contributed by atoms with Crippen molar-refractivity contribution in [1.29, 1.82) is 0 Å². The Morgan fingerprint density at radius 1 is 1.40 bits per heavy atom. The summed E-state index contributed by atoms with van der Waals surface area (Å²) in [6.07, 6.45) is 7.42. The lowest BCUT2D eigenvalue weighted by Gasteiger charge is -2.11. The minimum atomic E-state index is 0.137. The number of hydrogen-bond acceptors (Lipinski definition) is 3. The number of hydrogen-bond donors (Lipinski definition) is 1. The fourth-order valence-corrected chi connectivity index (χ4v) is 4.47. The second-order valence-electron chi connectivity index (χ2n) is 6.25. The first-order valence-corrected chi connectivity index (χ1v) is 8.62. The topological polar surface area (TPSA) is 32.3 Å². The molecule has 1 aliphatic heterocycles. The molecule has 0 bridgehead atoms. The summed E-state index contributed by atoms with van der Waals surface area (Å²) < 4.78 is 0. The van der Waals surface area contributed by atoms with Crippen LogP contribution in [0.25, 0.3) is 0 Å². The number of aryl methyl sites for hydroxylation is 2. The molecule has 2 aliphatic rings. The van der Waals surface area contributed by atoms with E-state index in [1.165, 1.54) is 42.5 Å². The quantitative estimate of drug-likeness (QED) is 0.869. The van der Waals surface area contributed by atoms with E-state index in [9.17, 15) is 4.79 Å². The molecule has 20 heavy (non-hydrogen) atoms. The van der Waals surface area contributed by atoms with Gasteiger partial charge in [-0.15, -0.1) is 11.3 Å². The fraction of sp³-hybridized carbons (Fsp3) is 0.688. The Hall–Kier alpha value is -0.870. The van der Waals surface area contributed by atoms with E-state index in [2.05, 4.69) is 23.3 Å². The average molecular weight is 292 g/mol. The molecular formula is C16H24N2OS. The summed E-state index contributed by atoms with van der Waals surface area (Å²) >= 11 is 1.72. The molecule has 1 atom stereocenters. The van der Waals surface area contributed by atoms with Crippen molar-refractivity contribution in [1.82, 2.24) is 10.2 Å². The fourth-order valence-electron chi connectivity index (χ4n) is 3.30. The molecule has 1 aromatic rings. The predicted octanol–water partition coefficient (Wildman–Crippen LogP) is 2.70. The van der Waals surface area contributed by atoms with Crippen LogP contribution in [-0.2, 0) is 12.8 Å². The molecule has 1 saturated heterocycles. The summed E-state index contributed by atoms with van der Waals surface area (Å²) in [5.74, 6) is 0.763. The molecule has 2 heterocycles.